The molecule has 8 rings (SSSR count). The van der Waals surface area contributed by atoms with E-state index in [9.17, 15) is 14.0 Å². The van der Waals surface area contributed by atoms with E-state index in [-0.39, 0.29) is 23.5 Å². The number of fused-ring (bicyclic) bond motifs is 4. The van der Waals surface area contributed by atoms with Gasteiger partial charge >= 0.3 is 0 Å². The Kier molecular flexibility index (Phi) is 17.9. The number of nitrogens with one attached hydrogen (secondary N) is 4. The first kappa shape index (κ1) is 48.6. The average molecular weight is 865 g/mol. The van der Waals surface area contributed by atoms with E-state index in [4.69, 9.17) is 4.98 Å². The molecule has 0 aliphatic rings. The minimum atomic E-state index is -0.578. The number of halogens is 1. The smallest absolute Gasteiger partial charge is 0.283 e. The number of imidazole rings is 2. The van der Waals surface area contributed by atoms with E-state index in [1.807, 2.05) is 111 Å². The van der Waals surface area contributed by atoms with Gasteiger partial charge in [-0.25, -0.2) is 53.6 Å². The Labute approximate surface area is 366 Å². The van der Waals surface area contributed by atoms with Crippen molar-refractivity contribution in [3.63, 3.8) is 0 Å². The van der Waals surface area contributed by atoms with Crippen LogP contribution in [-0.2, 0) is 6.54 Å². The number of H-pyrrole nitrogens is 2. The molecule has 18 nitrogen and oxygen atoms in total. The normalized spacial score (nSPS) is 11.0. The quantitative estimate of drug-likeness (QED) is 0.0944. The monoisotopic (exact) mass is 865 g/mol. The molecule has 6 heterocycles. The maximum Gasteiger partial charge on any atom is 0.283 e. The maximum atomic E-state index is 14.3. The number of rotatable bonds is 12. The first-order chi connectivity index (χ1) is 30.7. The lowest BCUT2D eigenvalue weighted by Crippen LogP contribution is -2.45. The Balaban J connectivity index is 0.000000248. The van der Waals surface area contributed by atoms with Crippen molar-refractivity contribution in [3.05, 3.63) is 105 Å². The van der Waals surface area contributed by atoms with E-state index >= 15 is 0 Å². The lowest BCUT2D eigenvalue weighted by atomic mass is 10.1. The van der Waals surface area contributed by atoms with Crippen molar-refractivity contribution < 1.29 is 4.39 Å². The summed E-state index contributed by atoms with van der Waals surface area (Å²) in [5.41, 5.74) is 3.93. The van der Waals surface area contributed by atoms with Crippen LogP contribution in [0.4, 0.5) is 16.0 Å². The van der Waals surface area contributed by atoms with Crippen LogP contribution in [0.1, 0.15) is 99.4 Å². The van der Waals surface area contributed by atoms with E-state index in [0.29, 0.717) is 88.2 Å². The number of anilines is 2. The second kappa shape index (κ2) is 23.2. The summed E-state index contributed by atoms with van der Waals surface area (Å²) in [6.45, 7) is 26.5. The Morgan fingerprint density at radius 3 is 1.76 bits per heavy atom. The van der Waals surface area contributed by atoms with Crippen LogP contribution in [0.5, 0.6) is 0 Å². The van der Waals surface area contributed by atoms with Gasteiger partial charge in [-0.2, -0.15) is 0 Å². The van der Waals surface area contributed by atoms with Crippen LogP contribution < -0.4 is 31.8 Å². The molecule has 0 amide bonds. The molecule has 0 bridgehead atoms. The highest BCUT2D eigenvalue weighted by molar-refractivity contribution is 5.84. The van der Waals surface area contributed by atoms with Crippen molar-refractivity contribution in [3.8, 4) is 0 Å². The number of nitrogens with zero attached hydrogens (tertiary/aromatic N) is 12. The predicted octanol–water partition coefficient (Wildman–Crippen LogP) is 7.39. The van der Waals surface area contributed by atoms with Crippen LogP contribution in [0.3, 0.4) is 0 Å². The van der Waals surface area contributed by atoms with Gasteiger partial charge in [0.1, 0.15) is 34.9 Å². The molecular formula is C44H61FN16O2. The lowest BCUT2D eigenvalue weighted by Gasteiger charge is -2.28. The topological polar surface area (TPSA) is 209 Å². The van der Waals surface area contributed by atoms with Crippen LogP contribution in [0.2, 0.25) is 0 Å². The first-order valence-corrected chi connectivity index (χ1v) is 21.7. The molecule has 63 heavy (non-hydrogen) atoms. The van der Waals surface area contributed by atoms with Crippen LogP contribution >= 0.6 is 0 Å². The molecule has 0 radical (unpaired) electrons. The Morgan fingerprint density at radius 2 is 1.17 bits per heavy atom. The van der Waals surface area contributed by atoms with Crippen molar-refractivity contribution in [1.29, 1.82) is 0 Å². The molecule has 0 saturated heterocycles. The summed E-state index contributed by atoms with van der Waals surface area (Å²) in [6.07, 6.45) is 5.99. The third-order valence-corrected chi connectivity index (χ3v) is 9.63. The molecule has 8 aromatic rings. The van der Waals surface area contributed by atoms with E-state index in [0.717, 1.165) is 5.56 Å². The molecule has 0 saturated carbocycles. The second-order valence-corrected chi connectivity index (χ2v) is 13.0. The van der Waals surface area contributed by atoms with E-state index in [1.54, 1.807) is 23.1 Å². The minimum Gasteiger partial charge on any atom is -0.361 e. The fourth-order valence-corrected chi connectivity index (χ4v) is 6.81. The molecule has 336 valence electrons. The number of aromatic nitrogens is 12. The van der Waals surface area contributed by atoms with Gasteiger partial charge in [0, 0.05) is 26.2 Å². The fourth-order valence-electron chi connectivity index (χ4n) is 6.81. The van der Waals surface area contributed by atoms with E-state index < -0.39 is 11.4 Å². The minimum absolute atomic E-state index is 0.0175. The highest BCUT2D eigenvalue weighted by Gasteiger charge is 2.22. The number of hydrogen-bond acceptors (Lipinski definition) is 14. The molecule has 0 aliphatic heterocycles. The molecular weight excluding hydrogens is 804 g/mol. The van der Waals surface area contributed by atoms with Crippen molar-refractivity contribution in [1.82, 2.24) is 59.2 Å². The summed E-state index contributed by atoms with van der Waals surface area (Å²) >= 11 is 0. The van der Waals surface area contributed by atoms with Gasteiger partial charge in [0.05, 0.1) is 41.7 Å². The van der Waals surface area contributed by atoms with E-state index in [2.05, 4.69) is 55.5 Å². The highest BCUT2D eigenvalue weighted by atomic mass is 19.1. The summed E-state index contributed by atoms with van der Waals surface area (Å²) in [5, 5.41) is 11.0. The molecule has 2 aromatic carbocycles. The van der Waals surface area contributed by atoms with E-state index in [1.165, 1.54) is 29.7 Å². The number of benzene rings is 2. The summed E-state index contributed by atoms with van der Waals surface area (Å²) in [4.78, 5) is 67.1. The fraction of sp³-hybridized carbons (Fsp3) is 0.409. The van der Waals surface area contributed by atoms with Gasteiger partial charge in [-0.1, -0.05) is 59.7 Å². The number of aromatic amines is 2. The van der Waals surface area contributed by atoms with Gasteiger partial charge in [-0.3, -0.25) is 9.59 Å². The second-order valence-electron chi connectivity index (χ2n) is 13.0. The molecule has 19 heteroatoms. The van der Waals surface area contributed by atoms with Crippen molar-refractivity contribution >= 4 is 55.8 Å². The highest BCUT2D eigenvalue weighted by Crippen LogP contribution is 2.23. The van der Waals surface area contributed by atoms with Crippen LogP contribution in [0.15, 0.2) is 71.3 Å². The molecule has 6 aromatic heterocycles. The van der Waals surface area contributed by atoms with Gasteiger partial charge in [-0.05, 0) is 65.3 Å². The Morgan fingerprint density at radius 1 is 0.667 bits per heavy atom. The summed E-state index contributed by atoms with van der Waals surface area (Å²) in [7, 11) is 0. The zero-order valence-corrected chi connectivity index (χ0v) is 38.4. The molecule has 0 spiro atoms. The molecule has 4 N–H and O–H groups in total. The third-order valence-electron chi connectivity index (χ3n) is 9.63. The number of hydrogen-bond donors (Lipinski definition) is 4. The SMILES string of the molecule is CC.CC.CC.CCN(CC)n1c(CNc2ncnc3nc[nH]c23)nc2cccc(F)c2c1=O.CCN(CC)n1c([C@H](C)Nc2ncnc3nc[nH]c23)nc2cccc(C)c2c1=O. The Bertz CT molecular complexity index is 2810. The van der Waals surface area contributed by atoms with Gasteiger partial charge < -0.3 is 30.6 Å². The zero-order valence-electron chi connectivity index (χ0n) is 38.4. The molecule has 0 fully saturated rings. The average Bonchev–Trinajstić information content (AvgIpc) is 4.01. The van der Waals surface area contributed by atoms with Crippen LogP contribution in [-0.4, -0.2) is 85.4 Å². The third kappa shape index (κ3) is 10.4. The largest absolute Gasteiger partial charge is 0.361 e. The van der Waals surface area contributed by atoms with Crippen molar-refractivity contribution in [2.45, 2.75) is 95.7 Å². The molecule has 0 unspecified atom stereocenters. The van der Waals surface area contributed by atoms with Crippen LogP contribution in [0.25, 0.3) is 44.1 Å². The van der Waals surface area contributed by atoms with Gasteiger partial charge in [0.2, 0.25) is 0 Å². The van der Waals surface area contributed by atoms with Gasteiger partial charge in [0.15, 0.2) is 34.6 Å². The Hall–Kier alpha value is -7.05. The summed E-state index contributed by atoms with van der Waals surface area (Å²) in [6, 6.07) is 9.90. The lowest BCUT2D eigenvalue weighted by molar-refractivity contribution is 0.547. The predicted molar refractivity (Wildman–Crippen MR) is 252 cm³/mol. The van der Waals surface area contributed by atoms with Gasteiger partial charge in [-0.15, -0.1) is 0 Å². The first-order valence-electron chi connectivity index (χ1n) is 21.7. The zero-order chi connectivity index (χ0) is 46.2. The van der Waals surface area contributed by atoms with Gasteiger partial charge in [0.25, 0.3) is 11.1 Å². The van der Waals surface area contributed by atoms with Crippen LogP contribution in [0, 0.1) is 12.7 Å². The standard InChI is InChI=1S/C20H24N8O.C18H19FN8O.3C2H6/c1-5-27(6-2)28-19(26-14-9-7-8-12(3)15(14)20(28)29)13(4)25-18-16-17(22-10-21-16)23-11-24-18;1-3-26(4-2)27-13(25-12-7-5-6-11(19)14(12)18(27)28)8-20-16-15-17(22-9-21-15)24-10-23-16;3*1-2/h7-11,13H,5-6H2,1-4H3,(H2,21,22,23,24,25);5-7,9-10H,3-4,8H2,1-2H3,(H2,20,21,22,23,24);3*1-2H3/t13-;;;;/m0..../s1. The summed E-state index contributed by atoms with van der Waals surface area (Å²) in [5.74, 6) is 1.67. The summed E-state index contributed by atoms with van der Waals surface area (Å²) < 4.78 is 17.4. The van der Waals surface area contributed by atoms with Crippen molar-refractivity contribution in [2.75, 3.05) is 46.8 Å². The maximum absolute atomic E-state index is 14.3. The molecule has 0 aliphatic carbocycles. The van der Waals surface area contributed by atoms with Crippen molar-refractivity contribution in [2.24, 2.45) is 0 Å². The number of aryl methyl sites for hydroxylation is 1. The molecule has 1 atom stereocenters.